The average molecular weight is 316 g/mol. The molecule has 1 aromatic heterocycles. The fourth-order valence-corrected chi connectivity index (χ4v) is 5.54. The number of nitrogens with one attached hydrogen (secondary N) is 1. The summed E-state index contributed by atoms with van der Waals surface area (Å²) in [5.41, 5.74) is 0. The average Bonchev–Trinajstić information content (AvgIpc) is 3.05. The number of nitrogens with zero attached hydrogens (tertiary/aromatic N) is 1. The molecule has 2 heterocycles. The zero-order valence-electron chi connectivity index (χ0n) is 12.4. The van der Waals surface area contributed by atoms with Crippen molar-refractivity contribution in [3.8, 4) is 0 Å². The Kier molecular flexibility index (Phi) is 5.23. The van der Waals surface area contributed by atoms with E-state index in [1.807, 2.05) is 6.07 Å². The summed E-state index contributed by atoms with van der Waals surface area (Å²) in [7, 11) is -3.30. The van der Waals surface area contributed by atoms with Crippen LogP contribution in [0.4, 0.5) is 0 Å². The fraction of sp³-hybridized carbons (Fsp3) is 0.714. The number of sulfonamides is 1. The SMILES string of the molecule is CCC1CCCN1S(=O)(=O)c1csc(CNC(C)C)c1. The maximum Gasteiger partial charge on any atom is 0.244 e. The van der Waals surface area contributed by atoms with Crippen LogP contribution in [0.15, 0.2) is 16.3 Å². The van der Waals surface area contributed by atoms with Crippen molar-refractivity contribution in [2.75, 3.05) is 6.54 Å². The molecule has 0 radical (unpaired) electrons. The van der Waals surface area contributed by atoms with Gasteiger partial charge in [-0.15, -0.1) is 11.3 Å². The van der Waals surface area contributed by atoms with Crippen molar-refractivity contribution in [3.63, 3.8) is 0 Å². The summed E-state index contributed by atoms with van der Waals surface area (Å²) in [6, 6.07) is 2.40. The van der Waals surface area contributed by atoms with Crippen LogP contribution in [-0.4, -0.2) is 31.4 Å². The van der Waals surface area contributed by atoms with Crippen LogP contribution >= 0.6 is 11.3 Å². The second kappa shape index (κ2) is 6.56. The molecule has 114 valence electrons. The molecule has 1 aromatic rings. The number of thiophene rings is 1. The summed E-state index contributed by atoms with van der Waals surface area (Å²) >= 11 is 1.52. The molecule has 1 fully saturated rings. The molecular weight excluding hydrogens is 292 g/mol. The Bertz CT molecular complexity index is 537. The van der Waals surface area contributed by atoms with Gasteiger partial charge in [-0.2, -0.15) is 4.31 Å². The van der Waals surface area contributed by atoms with Crippen LogP contribution in [0.5, 0.6) is 0 Å². The predicted molar refractivity (Wildman–Crippen MR) is 83.5 cm³/mol. The third-order valence-corrected chi connectivity index (χ3v) is 6.73. The van der Waals surface area contributed by atoms with Gasteiger partial charge in [-0.25, -0.2) is 8.42 Å². The van der Waals surface area contributed by atoms with E-state index in [4.69, 9.17) is 0 Å². The van der Waals surface area contributed by atoms with Gasteiger partial charge < -0.3 is 5.32 Å². The third kappa shape index (κ3) is 3.42. The molecule has 20 heavy (non-hydrogen) atoms. The van der Waals surface area contributed by atoms with E-state index in [2.05, 4.69) is 26.1 Å². The van der Waals surface area contributed by atoms with Gasteiger partial charge in [0.2, 0.25) is 10.0 Å². The Labute approximate surface area is 126 Å². The van der Waals surface area contributed by atoms with Crippen molar-refractivity contribution in [1.82, 2.24) is 9.62 Å². The molecule has 0 saturated carbocycles. The first-order valence-electron chi connectivity index (χ1n) is 7.27. The Balaban J connectivity index is 2.13. The van der Waals surface area contributed by atoms with E-state index in [1.54, 1.807) is 9.69 Å². The number of hydrogen-bond acceptors (Lipinski definition) is 4. The van der Waals surface area contributed by atoms with Gasteiger partial charge in [-0.05, 0) is 25.3 Å². The lowest BCUT2D eigenvalue weighted by Gasteiger charge is -2.22. The van der Waals surface area contributed by atoms with Gasteiger partial charge >= 0.3 is 0 Å². The zero-order chi connectivity index (χ0) is 14.8. The van der Waals surface area contributed by atoms with Gasteiger partial charge in [-0.1, -0.05) is 20.8 Å². The van der Waals surface area contributed by atoms with Crippen molar-refractivity contribution >= 4 is 21.4 Å². The van der Waals surface area contributed by atoms with Gasteiger partial charge in [0.15, 0.2) is 0 Å². The molecule has 0 amide bonds. The summed E-state index contributed by atoms with van der Waals surface area (Å²) in [6.45, 7) is 7.62. The standard InChI is InChI=1S/C14H24N2O2S2/c1-4-12-6-5-7-16(12)20(17,18)14-8-13(19-10-14)9-15-11(2)3/h8,10-12,15H,4-7,9H2,1-3H3. The summed E-state index contributed by atoms with van der Waals surface area (Å²) in [4.78, 5) is 1.54. The van der Waals surface area contributed by atoms with Crippen molar-refractivity contribution in [1.29, 1.82) is 0 Å². The molecule has 1 saturated heterocycles. The maximum atomic E-state index is 12.7. The van der Waals surface area contributed by atoms with Crippen LogP contribution in [0.2, 0.25) is 0 Å². The van der Waals surface area contributed by atoms with Crippen LogP contribution in [0, 0.1) is 0 Å². The van der Waals surface area contributed by atoms with E-state index in [0.717, 1.165) is 30.7 Å². The van der Waals surface area contributed by atoms with E-state index in [-0.39, 0.29) is 6.04 Å². The fourth-order valence-electron chi connectivity index (χ4n) is 2.56. The van der Waals surface area contributed by atoms with E-state index >= 15 is 0 Å². The van der Waals surface area contributed by atoms with Gasteiger partial charge in [0.25, 0.3) is 0 Å². The highest BCUT2D eigenvalue weighted by atomic mass is 32.2. The van der Waals surface area contributed by atoms with Crippen molar-refractivity contribution in [2.45, 2.75) is 63.6 Å². The third-order valence-electron chi connectivity index (χ3n) is 3.72. The second-order valence-corrected chi connectivity index (χ2v) is 8.49. The summed E-state index contributed by atoms with van der Waals surface area (Å²) in [6.07, 6.45) is 2.86. The molecule has 0 spiro atoms. The maximum absolute atomic E-state index is 12.7. The highest BCUT2D eigenvalue weighted by molar-refractivity contribution is 7.89. The predicted octanol–water partition coefficient (Wildman–Crippen LogP) is 2.81. The Hall–Kier alpha value is -0.430. The first-order chi connectivity index (χ1) is 9.45. The highest BCUT2D eigenvalue weighted by Gasteiger charge is 2.34. The molecule has 2 rings (SSSR count). The number of rotatable bonds is 6. The Morgan fingerprint density at radius 3 is 2.90 bits per heavy atom. The van der Waals surface area contributed by atoms with Crippen molar-refractivity contribution < 1.29 is 8.42 Å². The second-order valence-electron chi connectivity index (χ2n) is 5.60. The van der Waals surface area contributed by atoms with E-state index in [0.29, 0.717) is 17.5 Å². The van der Waals surface area contributed by atoms with E-state index in [1.165, 1.54) is 11.3 Å². The van der Waals surface area contributed by atoms with Crippen LogP contribution in [0.1, 0.15) is 44.9 Å². The van der Waals surface area contributed by atoms with Crippen LogP contribution < -0.4 is 5.32 Å². The summed E-state index contributed by atoms with van der Waals surface area (Å²) in [5.74, 6) is 0. The molecule has 0 bridgehead atoms. The topological polar surface area (TPSA) is 49.4 Å². The molecule has 1 aliphatic heterocycles. The molecule has 1 aliphatic rings. The van der Waals surface area contributed by atoms with Crippen LogP contribution in [-0.2, 0) is 16.6 Å². The first kappa shape index (κ1) is 15.9. The molecule has 1 unspecified atom stereocenters. The van der Waals surface area contributed by atoms with Crippen molar-refractivity contribution in [2.24, 2.45) is 0 Å². The molecular formula is C14H24N2O2S2. The summed E-state index contributed by atoms with van der Waals surface area (Å²) < 4.78 is 27.0. The van der Waals surface area contributed by atoms with Gasteiger partial charge in [0.1, 0.15) is 0 Å². The van der Waals surface area contributed by atoms with E-state index < -0.39 is 10.0 Å². The molecule has 1 N–H and O–H groups in total. The Morgan fingerprint density at radius 2 is 2.25 bits per heavy atom. The Morgan fingerprint density at radius 1 is 1.50 bits per heavy atom. The quantitative estimate of drug-likeness (QED) is 0.878. The largest absolute Gasteiger partial charge is 0.310 e. The minimum absolute atomic E-state index is 0.178. The lowest BCUT2D eigenvalue weighted by Crippen LogP contribution is -2.34. The van der Waals surface area contributed by atoms with Crippen LogP contribution in [0.3, 0.4) is 0 Å². The van der Waals surface area contributed by atoms with Gasteiger partial charge in [0, 0.05) is 35.4 Å². The zero-order valence-corrected chi connectivity index (χ0v) is 14.1. The first-order valence-corrected chi connectivity index (χ1v) is 9.59. The smallest absolute Gasteiger partial charge is 0.244 e. The molecule has 6 heteroatoms. The number of hydrogen-bond donors (Lipinski definition) is 1. The van der Waals surface area contributed by atoms with Gasteiger partial charge in [0.05, 0.1) is 4.90 Å². The molecule has 4 nitrogen and oxygen atoms in total. The molecule has 0 aromatic carbocycles. The minimum atomic E-state index is -3.30. The van der Waals surface area contributed by atoms with Gasteiger partial charge in [-0.3, -0.25) is 0 Å². The minimum Gasteiger partial charge on any atom is -0.310 e. The molecule has 0 aliphatic carbocycles. The monoisotopic (exact) mass is 316 g/mol. The van der Waals surface area contributed by atoms with Crippen molar-refractivity contribution in [3.05, 3.63) is 16.3 Å². The summed E-state index contributed by atoms with van der Waals surface area (Å²) in [5, 5.41) is 5.09. The molecule has 1 atom stereocenters. The van der Waals surface area contributed by atoms with Crippen LogP contribution in [0.25, 0.3) is 0 Å². The lowest BCUT2D eigenvalue weighted by molar-refractivity contribution is 0.380. The lowest BCUT2D eigenvalue weighted by atomic mass is 10.2. The highest BCUT2D eigenvalue weighted by Crippen LogP contribution is 2.29. The normalized spacial score (nSPS) is 20.9. The van der Waals surface area contributed by atoms with E-state index in [9.17, 15) is 8.42 Å².